The molecule has 0 heterocycles. The van der Waals surface area contributed by atoms with Crippen LogP contribution >= 0.6 is 23.2 Å². The van der Waals surface area contributed by atoms with Crippen molar-refractivity contribution >= 4 is 47.1 Å². The number of carbonyl (C=O) groups excluding carboxylic acids is 3. The summed E-state index contributed by atoms with van der Waals surface area (Å²) in [6, 6.07) is 10.5. The molecule has 0 aliphatic rings. The number of nitrogens with one attached hydrogen (secondary N) is 1. The minimum atomic E-state index is -1.04. The number of benzene rings is 2. The largest absolute Gasteiger partial charge is 0.449 e. The number of ether oxygens (including phenoxy) is 1. The molecule has 0 aliphatic carbocycles. The highest BCUT2D eigenvalue weighted by atomic mass is 35.5. The summed E-state index contributed by atoms with van der Waals surface area (Å²) in [4.78, 5) is 34.7. The van der Waals surface area contributed by atoms with Crippen molar-refractivity contribution in [3.63, 3.8) is 0 Å². The number of anilines is 1. The Morgan fingerprint density at radius 1 is 1.12 bits per heavy atom. The molecule has 2 rings (SSSR count). The number of halogens is 2. The van der Waals surface area contributed by atoms with Crippen LogP contribution in [0.5, 0.6) is 0 Å². The Labute approximate surface area is 148 Å². The van der Waals surface area contributed by atoms with Gasteiger partial charge in [-0.2, -0.15) is 0 Å². The summed E-state index contributed by atoms with van der Waals surface area (Å²) in [5, 5.41) is 3.27. The molecule has 0 saturated heterocycles. The third kappa shape index (κ3) is 4.57. The molecule has 7 heteroatoms. The Hall–Kier alpha value is -2.37. The van der Waals surface area contributed by atoms with Gasteiger partial charge < -0.3 is 10.1 Å². The fourth-order valence-electron chi connectivity index (χ4n) is 1.81. The number of esters is 1. The maximum absolute atomic E-state index is 12.1. The molecule has 0 radical (unpaired) electrons. The van der Waals surface area contributed by atoms with Crippen LogP contribution in [0.2, 0.25) is 10.0 Å². The Balaban J connectivity index is 2.01. The van der Waals surface area contributed by atoms with Crippen LogP contribution in [0.4, 0.5) is 5.69 Å². The van der Waals surface area contributed by atoms with Crippen LogP contribution < -0.4 is 5.32 Å². The van der Waals surface area contributed by atoms with Gasteiger partial charge in [-0.1, -0.05) is 35.3 Å². The molecular formula is C17H13Cl2NO4. The second-order valence-corrected chi connectivity index (χ2v) is 5.74. The van der Waals surface area contributed by atoms with E-state index in [1.807, 2.05) is 0 Å². The van der Waals surface area contributed by atoms with Gasteiger partial charge in [0, 0.05) is 10.6 Å². The van der Waals surface area contributed by atoms with Gasteiger partial charge in [0.25, 0.3) is 5.91 Å². The molecule has 0 aromatic heterocycles. The van der Waals surface area contributed by atoms with Crippen molar-refractivity contribution in [1.82, 2.24) is 0 Å². The number of hydrogen-bond acceptors (Lipinski definition) is 4. The molecule has 0 saturated carbocycles. The number of hydrogen-bond donors (Lipinski definition) is 1. The standard InChI is InChI=1S/C17H13Cl2NO4/c1-10(16(22)20-15-8-13(18)6-7-14(15)19)24-17(23)12-4-2-11(9-21)3-5-12/h2-10H,1H3,(H,20,22)/t10-/m0/s1. The molecule has 124 valence electrons. The molecule has 1 N–H and O–H groups in total. The summed E-state index contributed by atoms with van der Waals surface area (Å²) in [6.07, 6.45) is -0.377. The molecule has 24 heavy (non-hydrogen) atoms. The molecule has 2 aromatic carbocycles. The Bertz CT molecular complexity index is 775. The van der Waals surface area contributed by atoms with Crippen LogP contribution in [0, 0.1) is 0 Å². The van der Waals surface area contributed by atoms with E-state index in [4.69, 9.17) is 27.9 Å². The van der Waals surface area contributed by atoms with Crippen molar-refractivity contribution in [3.8, 4) is 0 Å². The van der Waals surface area contributed by atoms with Crippen molar-refractivity contribution in [2.45, 2.75) is 13.0 Å². The SMILES string of the molecule is C[C@H](OC(=O)c1ccc(C=O)cc1)C(=O)Nc1cc(Cl)ccc1Cl. The second-order valence-electron chi connectivity index (χ2n) is 4.90. The summed E-state index contributed by atoms with van der Waals surface area (Å²) >= 11 is 11.8. The third-order valence-corrected chi connectivity index (χ3v) is 3.69. The van der Waals surface area contributed by atoms with E-state index >= 15 is 0 Å². The van der Waals surface area contributed by atoms with Crippen molar-refractivity contribution in [1.29, 1.82) is 0 Å². The first-order valence-corrected chi connectivity index (χ1v) is 7.68. The second kappa shape index (κ2) is 7.95. The van der Waals surface area contributed by atoms with E-state index in [-0.39, 0.29) is 5.56 Å². The van der Waals surface area contributed by atoms with Crippen molar-refractivity contribution < 1.29 is 19.1 Å². The van der Waals surface area contributed by atoms with E-state index < -0.39 is 18.0 Å². The summed E-state index contributed by atoms with van der Waals surface area (Å²) in [6.45, 7) is 1.44. The summed E-state index contributed by atoms with van der Waals surface area (Å²) < 4.78 is 5.10. The van der Waals surface area contributed by atoms with Crippen LogP contribution in [-0.4, -0.2) is 24.3 Å². The first kappa shape index (κ1) is 18.0. The highest BCUT2D eigenvalue weighted by Gasteiger charge is 2.20. The zero-order valence-electron chi connectivity index (χ0n) is 12.6. The zero-order chi connectivity index (χ0) is 17.7. The lowest BCUT2D eigenvalue weighted by atomic mass is 10.1. The predicted octanol–water partition coefficient (Wildman–Crippen LogP) is 3.99. The van der Waals surface area contributed by atoms with Gasteiger partial charge in [-0.3, -0.25) is 9.59 Å². The fraction of sp³-hybridized carbons (Fsp3) is 0.118. The fourth-order valence-corrected chi connectivity index (χ4v) is 2.14. The van der Waals surface area contributed by atoms with Gasteiger partial charge in [0.2, 0.25) is 0 Å². The lowest BCUT2D eigenvalue weighted by Crippen LogP contribution is -2.30. The van der Waals surface area contributed by atoms with Gasteiger partial charge in [-0.25, -0.2) is 4.79 Å². The quantitative estimate of drug-likeness (QED) is 0.642. The summed E-state index contributed by atoms with van der Waals surface area (Å²) in [5.41, 5.74) is 1.00. The van der Waals surface area contributed by atoms with E-state index in [0.29, 0.717) is 27.6 Å². The number of carbonyl (C=O) groups is 3. The minimum Gasteiger partial charge on any atom is -0.449 e. The van der Waals surface area contributed by atoms with Gasteiger partial charge in [0.15, 0.2) is 6.10 Å². The molecular weight excluding hydrogens is 353 g/mol. The minimum absolute atomic E-state index is 0.237. The first-order valence-electron chi connectivity index (χ1n) is 6.93. The molecule has 5 nitrogen and oxygen atoms in total. The molecule has 1 atom stereocenters. The van der Waals surface area contributed by atoms with Crippen LogP contribution in [0.3, 0.4) is 0 Å². The van der Waals surface area contributed by atoms with Crippen LogP contribution in [-0.2, 0) is 9.53 Å². The van der Waals surface area contributed by atoms with Crippen molar-refractivity contribution in [2.75, 3.05) is 5.32 Å². The topological polar surface area (TPSA) is 72.5 Å². The maximum Gasteiger partial charge on any atom is 0.338 e. The number of rotatable bonds is 5. The van der Waals surface area contributed by atoms with E-state index in [1.54, 1.807) is 12.1 Å². The highest BCUT2D eigenvalue weighted by molar-refractivity contribution is 6.35. The van der Waals surface area contributed by atoms with Crippen molar-refractivity contribution in [3.05, 3.63) is 63.6 Å². The van der Waals surface area contributed by atoms with Gasteiger partial charge in [0.05, 0.1) is 16.3 Å². The van der Waals surface area contributed by atoms with Crippen molar-refractivity contribution in [2.24, 2.45) is 0 Å². The van der Waals surface area contributed by atoms with Gasteiger partial charge >= 0.3 is 5.97 Å². The molecule has 0 unspecified atom stereocenters. The lowest BCUT2D eigenvalue weighted by molar-refractivity contribution is -0.123. The highest BCUT2D eigenvalue weighted by Crippen LogP contribution is 2.25. The van der Waals surface area contributed by atoms with E-state index in [2.05, 4.69) is 5.32 Å². The predicted molar refractivity (Wildman–Crippen MR) is 91.8 cm³/mol. The van der Waals surface area contributed by atoms with E-state index in [9.17, 15) is 14.4 Å². The Morgan fingerprint density at radius 2 is 1.79 bits per heavy atom. The lowest BCUT2D eigenvalue weighted by Gasteiger charge is -2.14. The van der Waals surface area contributed by atoms with Crippen LogP contribution in [0.1, 0.15) is 27.6 Å². The van der Waals surface area contributed by atoms with Crippen LogP contribution in [0.15, 0.2) is 42.5 Å². The average molecular weight is 366 g/mol. The zero-order valence-corrected chi connectivity index (χ0v) is 14.1. The van der Waals surface area contributed by atoms with E-state index in [1.165, 1.54) is 37.3 Å². The number of aldehydes is 1. The molecule has 0 fully saturated rings. The summed E-state index contributed by atoms with van der Waals surface area (Å²) in [7, 11) is 0. The molecule has 0 bridgehead atoms. The van der Waals surface area contributed by atoms with Gasteiger partial charge in [0.1, 0.15) is 6.29 Å². The Kier molecular flexibility index (Phi) is 5.95. The monoisotopic (exact) mass is 365 g/mol. The molecule has 0 aliphatic heterocycles. The molecule has 0 spiro atoms. The molecule has 2 aromatic rings. The van der Waals surface area contributed by atoms with Gasteiger partial charge in [-0.15, -0.1) is 0 Å². The smallest absolute Gasteiger partial charge is 0.338 e. The third-order valence-electron chi connectivity index (χ3n) is 3.12. The summed E-state index contributed by atoms with van der Waals surface area (Å²) in [5.74, 6) is -1.22. The van der Waals surface area contributed by atoms with E-state index in [0.717, 1.165) is 0 Å². The maximum atomic E-state index is 12.1. The Morgan fingerprint density at radius 3 is 2.42 bits per heavy atom. The van der Waals surface area contributed by atoms with Gasteiger partial charge in [-0.05, 0) is 37.3 Å². The number of amides is 1. The van der Waals surface area contributed by atoms with Crippen LogP contribution in [0.25, 0.3) is 0 Å². The normalized spacial score (nSPS) is 11.5. The first-order chi connectivity index (χ1) is 11.4. The molecule has 1 amide bonds. The average Bonchev–Trinajstić information content (AvgIpc) is 2.58.